The van der Waals surface area contributed by atoms with Gasteiger partial charge >= 0.3 is 5.97 Å². The van der Waals surface area contributed by atoms with Gasteiger partial charge in [0.25, 0.3) is 0 Å². The summed E-state index contributed by atoms with van der Waals surface area (Å²) in [5, 5.41) is 20.0. The molecule has 0 radical (unpaired) electrons. The van der Waals surface area contributed by atoms with E-state index >= 15 is 0 Å². The number of carboxylic acids is 1. The first kappa shape index (κ1) is 24.3. The fraction of sp³-hybridized carbons (Fsp3) is 0.308. The third kappa shape index (κ3) is 6.19. The quantitative estimate of drug-likeness (QED) is 0.303. The predicted molar refractivity (Wildman–Crippen MR) is 130 cm³/mol. The number of benzene rings is 2. The number of halogens is 1. The molecule has 1 heterocycles. The number of hydrogen-bond acceptors (Lipinski definition) is 5. The standard InChI is InChI=1S/C26H28FN5O3/c1-2-14-31(24-17-23(24)18-5-7-19(27)8-6-18)15-3-4-22(26(34)35)25(33)29-20-9-11-21(12-10-20)32-16-13-28-30-32/h2,5-13,16,22-24H,1,3-4,14-15,17H2,(H,29,33)(H,34,35)/t22-,23-,24+/m0/s1. The summed E-state index contributed by atoms with van der Waals surface area (Å²) in [6.07, 6.45) is 6.83. The molecule has 3 aromatic rings. The largest absolute Gasteiger partial charge is 0.481 e. The van der Waals surface area contributed by atoms with Crippen LogP contribution < -0.4 is 5.32 Å². The maximum Gasteiger partial charge on any atom is 0.316 e. The Morgan fingerprint density at radius 3 is 2.60 bits per heavy atom. The minimum Gasteiger partial charge on any atom is -0.481 e. The highest BCUT2D eigenvalue weighted by Crippen LogP contribution is 2.44. The number of anilines is 1. The van der Waals surface area contributed by atoms with Gasteiger partial charge in [0.05, 0.1) is 18.1 Å². The van der Waals surface area contributed by atoms with Gasteiger partial charge in [0, 0.05) is 24.2 Å². The van der Waals surface area contributed by atoms with Crippen LogP contribution in [-0.4, -0.2) is 56.0 Å². The molecule has 4 rings (SSSR count). The number of aliphatic carboxylic acids is 1. The van der Waals surface area contributed by atoms with Crippen LogP contribution in [0, 0.1) is 11.7 Å². The normalized spacial score (nSPS) is 17.7. The van der Waals surface area contributed by atoms with Crippen molar-refractivity contribution in [2.24, 2.45) is 5.92 Å². The van der Waals surface area contributed by atoms with Gasteiger partial charge in [-0.15, -0.1) is 11.7 Å². The summed E-state index contributed by atoms with van der Waals surface area (Å²) >= 11 is 0. The van der Waals surface area contributed by atoms with Crippen LogP contribution in [-0.2, 0) is 9.59 Å². The van der Waals surface area contributed by atoms with E-state index in [2.05, 4.69) is 27.1 Å². The molecule has 0 spiro atoms. The second kappa shape index (κ2) is 11.1. The van der Waals surface area contributed by atoms with Crippen molar-refractivity contribution in [2.45, 2.75) is 31.2 Å². The van der Waals surface area contributed by atoms with Crippen molar-refractivity contribution < 1.29 is 19.1 Å². The molecule has 1 fully saturated rings. The van der Waals surface area contributed by atoms with E-state index in [9.17, 15) is 19.1 Å². The molecule has 0 unspecified atom stereocenters. The molecule has 2 aromatic carbocycles. The van der Waals surface area contributed by atoms with Crippen molar-refractivity contribution in [2.75, 3.05) is 18.4 Å². The summed E-state index contributed by atoms with van der Waals surface area (Å²) < 4.78 is 14.8. The van der Waals surface area contributed by atoms with Crippen molar-refractivity contribution >= 4 is 17.6 Å². The Kier molecular flexibility index (Phi) is 7.67. The van der Waals surface area contributed by atoms with E-state index in [1.807, 2.05) is 18.2 Å². The van der Waals surface area contributed by atoms with Crippen molar-refractivity contribution in [3.63, 3.8) is 0 Å². The van der Waals surface area contributed by atoms with Gasteiger partial charge < -0.3 is 10.4 Å². The highest BCUT2D eigenvalue weighted by molar-refractivity contribution is 6.04. The van der Waals surface area contributed by atoms with Crippen LogP contribution in [0.15, 0.2) is 73.6 Å². The molecular formula is C26H28FN5O3. The maximum absolute atomic E-state index is 13.2. The SMILES string of the molecule is C=CCN(CCC[C@H](C(=O)O)C(=O)Nc1ccc(-n2ccnn2)cc1)[C@@H]1C[C@H]1c1ccc(F)cc1. The topological polar surface area (TPSA) is 100 Å². The maximum atomic E-state index is 13.2. The first-order valence-electron chi connectivity index (χ1n) is 11.6. The number of carboxylic acid groups (broad SMARTS) is 1. The van der Waals surface area contributed by atoms with Gasteiger partial charge in [-0.3, -0.25) is 14.5 Å². The Balaban J connectivity index is 1.30. The second-order valence-electron chi connectivity index (χ2n) is 8.66. The molecule has 1 amide bonds. The van der Waals surface area contributed by atoms with Gasteiger partial charge in [0.2, 0.25) is 5.91 Å². The van der Waals surface area contributed by atoms with Crippen molar-refractivity contribution in [3.05, 3.63) is 85.0 Å². The summed E-state index contributed by atoms with van der Waals surface area (Å²) in [6, 6.07) is 13.8. The van der Waals surface area contributed by atoms with Crippen LogP contribution in [0.2, 0.25) is 0 Å². The average Bonchev–Trinajstić information content (AvgIpc) is 3.44. The number of nitrogens with zero attached hydrogens (tertiary/aromatic N) is 4. The molecule has 1 aliphatic carbocycles. The van der Waals surface area contributed by atoms with Crippen LogP contribution in [0.5, 0.6) is 0 Å². The zero-order valence-corrected chi connectivity index (χ0v) is 19.3. The average molecular weight is 478 g/mol. The number of amides is 1. The van der Waals surface area contributed by atoms with E-state index in [0.717, 1.165) is 17.7 Å². The number of nitrogens with one attached hydrogen (secondary N) is 1. The number of carbonyl (C=O) groups is 2. The van der Waals surface area contributed by atoms with Crippen molar-refractivity contribution in [1.82, 2.24) is 19.9 Å². The molecule has 2 N–H and O–H groups in total. The molecule has 9 heteroatoms. The van der Waals surface area contributed by atoms with Gasteiger partial charge in [-0.25, -0.2) is 9.07 Å². The van der Waals surface area contributed by atoms with Gasteiger partial charge in [0.15, 0.2) is 0 Å². The lowest BCUT2D eigenvalue weighted by atomic mass is 10.0. The highest BCUT2D eigenvalue weighted by Gasteiger charge is 2.42. The minimum absolute atomic E-state index is 0.222. The Labute approximate surface area is 203 Å². The predicted octanol–water partition coefficient (Wildman–Crippen LogP) is 3.87. The van der Waals surface area contributed by atoms with Gasteiger partial charge in [-0.1, -0.05) is 23.4 Å². The fourth-order valence-corrected chi connectivity index (χ4v) is 4.35. The Hall–Kier alpha value is -3.85. The highest BCUT2D eigenvalue weighted by atomic mass is 19.1. The molecule has 1 aliphatic rings. The summed E-state index contributed by atoms with van der Waals surface area (Å²) in [5.74, 6) is -2.76. The molecule has 0 bridgehead atoms. The molecule has 35 heavy (non-hydrogen) atoms. The first-order valence-corrected chi connectivity index (χ1v) is 11.6. The van der Waals surface area contributed by atoms with Crippen molar-refractivity contribution in [1.29, 1.82) is 0 Å². The molecule has 1 saturated carbocycles. The fourth-order valence-electron chi connectivity index (χ4n) is 4.35. The van der Waals surface area contributed by atoms with Crippen LogP contribution in [0.4, 0.5) is 10.1 Å². The first-order chi connectivity index (χ1) is 17.0. The number of carbonyl (C=O) groups excluding carboxylic acids is 1. The van der Waals surface area contributed by atoms with Gasteiger partial charge in [-0.2, -0.15) is 0 Å². The summed E-state index contributed by atoms with van der Waals surface area (Å²) in [7, 11) is 0. The van der Waals surface area contributed by atoms with Crippen molar-refractivity contribution in [3.8, 4) is 5.69 Å². The zero-order chi connectivity index (χ0) is 24.8. The number of aromatic nitrogens is 3. The van der Waals surface area contributed by atoms with Crippen LogP contribution in [0.25, 0.3) is 5.69 Å². The Bertz CT molecular complexity index is 1150. The summed E-state index contributed by atoms with van der Waals surface area (Å²) in [6.45, 7) is 5.15. The zero-order valence-electron chi connectivity index (χ0n) is 19.3. The summed E-state index contributed by atoms with van der Waals surface area (Å²) in [5.41, 5.74) is 2.39. The molecular weight excluding hydrogens is 449 g/mol. The Morgan fingerprint density at radius 2 is 1.97 bits per heavy atom. The van der Waals surface area contributed by atoms with Crippen LogP contribution in [0.1, 0.15) is 30.7 Å². The van der Waals surface area contributed by atoms with E-state index in [1.54, 1.807) is 41.3 Å². The van der Waals surface area contributed by atoms with E-state index in [1.165, 1.54) is 12.1 Å². The smallest absolute Gasteiger partial charge is 0.316 e. The van der Waals surface area contributed by atoms with E-state index < -0.39 is 17.8 Å². The van der Waals surface area contributed by atoms with Gasteiger partial charge in [-0.05, 0) is 67.8 Å². The third-order valence-corrected chi connectivity index (χ3v) is 6.26. The number of rotatable bonds is 12. The minimum atomic E-state index is -1.15. The molecule has 1 aromatic heterocycles. The van der Waals surface area contributed by atoms with E-state index in [4.69, 9.17) is 0 Å². The lowest BCUT2D eigenvalue weighted by Gasteiger charge is -2.22. The molecule has 182 valence electrons. The molecule has 0 aliphatic heterocycles. The Morgan fingerprint density at radius 1 is 1.23 bits per heavy atom. The monoisotopic (exact) mass is 477 g/mol. The lowest BCUT2D eigenvalue weighted by molar-refractivity contribution is -0.145. The van der Waals surface area contributed by atoms with Gasteiger partial charge in [0.1, 0.15) is 11.7 Å². The summed E-state index contributed by atoms with van der Waals surface area (Å²) in [4.78, 5) is 26.8. The third-order valence-electron chi connectivity index (χ3n) is 6.26. The molecule has 0 saturated heterocycles. The molecule has 3 atom stereocenters. The number of hydrogen-bond donors (Lipinski definition) is 2. The molecule has 8 nitrogen and oxygen atoms in total. The van der Waals surface area contributed by atoms with E-state index in [0.29, 0.717) is 37.2 Å². The van der Waals surface area contributed by atoms with E-state index in [-0.39, 0.29) is 12.2 Å². The second-order valence-corrected chi connectivity index (χ2v) is 8.66. The van der Waals surface area contributed by atoms with Crippen LogP contribution >= 0.6 is 0 Å². The van der Waals surface area contributed by atoms with Crippen LogP contribution in [0.3, 0.4) is 0 Å². The lowest BCUT2D eigenvalue weighted by Crippen LogP contribution is -2.32.